The number of hydrogen-bond donors (Lipinski definition) is 2. The van der Waals surface area contributed by atoms with Gasteiger partial charge in [0.15, 0.2) is 0 Å². The highest BCUT2D eigenvalue weighted by molar-refractivity contribution is 6.07. The van der Waals surface area contributed by atoms with Crippen molar-refractivity contribution >= 4 is 23.2 Å². The molecule has 0 saturated heterocycles. The molecule has 1 atom stereocenters. The molecule has 1 aliphatic heterocycles. The van der Waals surface area contributed by atoms with Gasteiger partial charge in [-0.05, 0) is 18.6 Å². The van der Waals surface area contributed by atoms with E-state index >= 15 is 0 Å². The first kappa shape index (κ1) is 12.4. The molecule has 0 radical (unpaired) electrons. The summed E-state index contributed by atoms with van der Waals surface area (Å²) in [5.41, 5.74) is 1.66. The summed E-state index contributed by atoms with van der Waals surface area (Å²) in [5, 5.41) is 5.74. The number of anilines is 2. The number of hydrogen-bond acceptors (Lipinski definition) is 3. The lowest BCUT2D eigenvalue weighted by Crippen LogP contribution is -2.50. The van der Waals surface area contributed by atoms with Crippen molar-refractivity contribution in [2.45, 2.75) is 19.4 Å². The summed E-state index contributed by atoms with van der Waals surface area (Å²) in [6, 6.07) is 7.27. The molecular formula is C13H17N3O2. The van der Waals surface area contributed by atoms with Gasteiger partial charge in [-0.1, -0.05) is 19.1 Å². The first-order chi connectivity index (χ1) is 8.67. The van der Waals surface area contributed by atoms with Gasteiger partial charge in [0.1, 0.15) is 12.6 Å². The Hall–Kier alpha value is -2.04. The van der Waals surface area contributed by atoms with Gasteiger partial charge in [-0.25, -0.2) is 0 Å². The van der Waals surface area contributed by atoms with Crippen LogP contribution in [0.2, 0.25) is 0 Å². The van der Waals surface area contributed by atoms with E-state index in [1.54, 1.807) is 11.9 Å². The molecule has 0 fully saturated rings. The van der Waals surface area contributed by atoms with Crippen LogP contribution in [0.15, 0.2) is 24.3 Å². The van der Waals surface area contributed by atoms with E-state index < -0.39 is 0 Å². The number of amides is 2. The first-order valence-corrected chi connectivity index (χ1v) is 6.05. The van der Waals surface area contributed by atoms with E-state index in [-0.39, 0.29) is 24.4 Å². The highest BCUT2D eigenvalue weighted by atomic mass is 16.2. The van der Waals surface area contributed by atoms with Crippen LogP contribution in [0.1, 0.15) is 13.3 Å². The summed E-state index contributed by atoms with van der Waals surface area (Å²) in [6.45, 7) is 2.01. The fourth-order valence-electron chi connectivity index (χ4n) is 2.05. The number of benzene rings is 1. The number of para-hydroxylation sites is 2. The van der Waals surface area contributed by atoms with E-state index in [9.17, 15) is 9.59 Å². The van der Waals surface area contributed by atoms with E-state index in [1.807, 2.05) is 31.2 Å². The highest BCUT2D eigenvalue weighted by Gasteiger charge is 2.31. The zero-order valence-corrected chi connectivity index (χ0v) is 10.6. The van der Waals surface area contributed by atoms with Gasteiger partial charge in [0.25, 0.3) is 0 Å². The lowest BCUT2D eigenvalue weighted by Gasteiger charge is -2.34. The lowest BCUT2D eigenvalue weighted by molar-refractivity contribution is -0.124. The first-order valence-electron chi connectivity index (χ1n) is 6.05. The number of fused-ring (bicyclic) bond motifs is 1. The van der Waals surface area contributed by atoms with Gasteiger partial charge in [-0.2, -0.15) is 0 Å². The van der Waals surface area contributed by atoms with Crippen molar-refractivity contribution in [2.75, 3.05) is 23.8 Å². The molecule has 1 aromatic rings. The zero-order chi connectivity index (χ0) is 13.1. The number of carbonyl (C=O) groups is 2. The van der Waals surface area contributed by atoms with Crippen LogP contribution in [0.5, 0.6) is 0 Å². The molecule has 0 aromatic heterocycles. The molecular weight excluding hydrogens is 230 g/mol. The molecule has 5 nitrogen and oxygen atoms in total. The van der Waals surface area contributed by atoms with Crippen molar-refractivity contribution in [1.29, 1.82) is 0 Å². The largest absolute Gasteiger partial charge is 0.372 e. The van der Waals surface area contributed by atoms with Crippen LogP contribution < -0.4 is 15.5 Å². The highest BCUT2D eigenvalue weighted by Crippen LogP contribution is 2.31. The van der Waals surface area contributed by atoms with Crippen LogP contribution >= 0.6 is 0 Å². The number of nitrogens with zero attached hydrogens (tertiary/aromatic N) is 1. The Morgan fingerprint density at radius 1 is 1.44 bits per heavy atom. The van der Waals surface area contributed by atoms with Gasteiger partial charge in [-0.3, -0.25) is 14.5 Å². The standard InChI is InChI=1S/C13H17N3O2/c1-3-9-13(18)16(8-12(17)14-2)11-7-5-4-6-10(11)15-9/h4-7,9,15H,3,8H2,1-2H3,(H,14,17). The average molecular weight is 247 g/mol. The summed E-state index contributed by atoms with van der Waals surface area (Å²) >= 11 is 0. The third-order valence-corrected chi connectivity index (χ3v) is 3.08. The van der Waals surface area contributed by atoms with E-state index in [0.717, 1.165) is 11.4 Å². The summed E-state index contributed by atoms with van der Waals surface area (Å²) in [5.74, 6) is -0.227. The second kappa shape index (κ2) is 5.08. The Bertz CT molecular complexity index is 473. The number of nitrogens with one attached hydrogen (secondary N) is 2. The van der Waals surface area contributed by atoms with Gasteiger partial charge in [-0.15, -0.1) is 0 Å². The molecule has 96 valence electrons. The minimum Gasteiger partial charge on any atom is -0.372 e. The van der Waals surface area contributed by atoms with Gasteiger partial charge >= 0.3 is 0 Å². The molecule has 2 amide bonds. The van der Waals surface area contributed by atoms with Crippen molar-refractivity contribution in [2.24, 2.45) is 0 Å². The maximum absolute atomic E-state index is 12.3. The van der Waals surface area contributed by atoms with Gasteiger partial charge in [0.05, 0.1) is 11.4 Å². The van der Waals surface area contributed by atoms with Gasteiger partial charge < -0.3 is 10.6 Å². The predicted octanol–water partition coefficient (Wildman–Crippen LogP) is 0.970. The minimum atomic E-state index is -0.260. The summed E-state index contributed by atoms with van der Waals surface area (Å²) < 4.78 is 0. The van der Waals surface area contributed by atoms with E-state index in [1.165, 1.54) is 0 Å². The fraction of sp³-hybridized carbons (Fsp3) is 0.385. The van der Waals surface area contributed by atoms with Gasteiger partial charge in [0.2, 0.25) is 11.8 Å². The van der Waals surface area contributed by atoms with Crippen LogP contribution in [-0.4, -0.2) is 31.4 Å². The quantitative estimate of drug-likeness (QED) is 0.836. The average Bonchev–Trinajstić information content (AvgIpc) is 2.41. The van der Waals surface area contributed by atoms with Crippen LogP contribution in [0.3, 0.4) is 0 Å². The maximum atomic E-state index is 12.3. The molecule has 1 aliphatic rings. The molecule has 0 aliphatic carbocycles. The molecule has 2 N–H and O–H groups in total. The monoisotopic (exact) mass is 247 g/mol. The molecule has 0 saturated carbocycles. The zero-order valence-electron chi connectivity index (χ0n) is 10.6. The Labute approximate surface area is 106 Å². The molecule has 2 rings (SSSR count). The lowest BCUT2D eigenvalue weighted by atomic mass is 10.1. The summed E-state index contributed by atoms with van der Waals surface area (Å²) in [6.07, 6.45) is 0.692. The molecule has 0 bridgehead atoms. The second-order valence-corrected chi connectivity index (χ2v) is 4.22. The summed E-state index contributed by atoms with van der Waals surface area (Å²) in [7, 11) is 1.57. The van der Waals surface area contributed by atoms with Crippen molar-refractivity contribution in [3.05, 3.63) is 24.3 Å². The van der Waals surface area contributed by atoms with Crippen molar-refractivity contribution in [3.63, 3.8) is 0 Å². The van der Waals surface area contributed by atoms with Gasteiger partial charge in [0, 0.05) is 7.05 Å². The normalized spacial score (nSPS) is 18.0. The minimum absolute atomic E-state index is 0.0557. The van der Waals surface area contributed by atoms with Crippen LogP contribution in [-0.2, 0) is 9.59 Å². The molecule has 1 unspecified atom stereocenters. The molecule has 5 heteroatoms. The maximum Gasteiger partial charge on any atom is 0.250 e. The second-order valence-electron chi connectivity index (χ2n) is 4.22. The van der Waals surface area contributed by atoms with Crippen molar-refractivity contribution in [3.8, 4) is 0 Å². The smallest absolute Gasteiger partial charge is 0.250 e. The van der Waals surface area contributed by atoms with Crippen molar-refractivity contribution in [1.82, 2.24) is 5.32 Å². The Balaban J connectivity index is 2.35. The predicted molar refractivity (Wildman–Crippen MR) is 70.6 cm³/mol. The number of likely N-dealkylation sites (N-methyl/N-ethyl adjacent to an activating group) is 1. The van der Waals surface area contributed by atoms with Crippen molar-refractivity contribution < 1.29 is 9.59 Å². The third-order valence-electron chi connectivity index (χ3n) is 3.08. The van der Waals surface area contributed by atoms with Crippen LogP contribution in [0, 0.1) is 0 Å². The Kier molecular flexibility index (Phi) is 3.50. The van der Waals surface area contributed by atoms with E-state index in [0.29, 0.717) is 6.42 Å². The molecule has 1 heterocycles. The van der Waals surface area contributed by atoms with E-state index in [2.05, 4.69) is 10.6 Å². The molecule has 1 aromatic carbocycles. The Morgan fingerprint density at radius 2 is 2.17 bits per heavy atom. The number of carbonyl (C=O) groups excluding carboxylic acids is 2. The van der Waals surface area contributed by atoms with Crippen LogP contribution in [0.4, 0.5) is 11.4 Å². The van der Waals surface area contributed by atoms with E-state index in [4.69, 9.17) is 0 Å². The topological polar surface area (TPSA) is 61.4 Å². The molecule has 0 spiro atoms. The molecule has 18 heavy (non-hydrogen) atoms. The Morgan fingerprint density at radius 3 is 2.83 bits per heavy atom. The fourth-order valence-corrected chi connectivity index (χ4v) is 2.05. The SMILES string of the molecule is CCC1Nc2ccccc2N(CC(=O)NC)C1=O. The number of rotatable bonds is 3. The summed E-state index contributed by atoms with van der Waals surface area (Å²) in [4.78, 5) is 25.3. The van der Waals surface area contributed by atoms with Crippen LogP contribution in [0.25, 0.3) is 0 Å². The third kappa shape index (κ3) is 2.16.